The molecule has 19 heavy (non-hydrogen) atoms. The zero-order valence-corrected chi connectivity index (χ0v) is 11.4. The van der Waals surface area contributed by atoms with Crippen molar-refractivity contribution in [1.29, 1.82) is 0 Å². The molecule has 0 bridgehead atoms. The van der Waals surface area contributed by atoms with Crippen molar-refractivity contribution < 1.29 is 4.92 Å². The molecule has 1 aromatic rings. The van der Waals surface area contributed by atoms with Crippen molar-refractivity contribution in [3.63, 3.8) is 0 Å². The molecular weight excluding hydrogens is 244 g/mol. The van der Waals surface area contributed by atoms with Gasteiger partial charge in [0.1, 0.15) is 11.5 Å². The van der Waals surface area contributed by atoms with Crippen LogP contribution in [0.2, 0.25) is 0 Å². The van der Waals surface area contributed by atoms with E-state index in [1.54, 1.807) is 13.0 Å². The van der Waals surface area contributed by atoms with Gasteiger partial charge in [-0.3, -0.25) is 10.1 Å². The van der Waals surface area contributed by atoms with Crippen molar-refractivity contribution in [3.8, 4) is 0 Å². The molecule has 0 atom stereocenters. The summed E-state index contributed by atoms with van der Waals surface area (Å²) in [5, 5.41) is 14.1. The lowest BCUT2D eigenvalue weighted by Gasteiger charge is -2.28. The Morgan fingerprint density at radius 3 is 2.74 bits per heavy atom. The fraction of sp³-hybridized carbons (Fsp3) is 0.615. The number of anilines is 1. The smallest absolute Gasteiger partial charge is 0.290 e. The second kappa shape index (κ2) is 5.97. The minimum Gasteiger partial charge on any atom is -0.359 e. The van der Waals surface area contributed by atoms with Crippen LogP contribution in [0.4, 0.5) is 11.5 Å². The lowest BCUT2D eigenvalue weighted by Crippen LogP contribution is -2.34. The highest BCUT2D eigenvalue weighted by Crippen LogP contribution is 2.21. The van der Waals surface area contributed by atoms with Gasteiger partial charge in [0, 0.05) is 19.7 Å². The van der Waals surface area contributed by atoms with E-state index in [9.17, 15) is 10.1 Å². The summed E-state index contributed by atoms with van der Waals surface area (Å²) in [6.45, 7) is 4.78. The van der Waals surface area contributed by atoms with Crippen LogP contribution < -0.4 is 10.2 Å². The Morgan fingerprint density at radius 2 is 2.16 bits per heavy atom. The van der Waals surface area contributed by atoms with Gasteiger partial charge in [-0.15, -0.1) is 0 Å². The Bertz CT molecular complexity index is 458. The van der Waals surface area contributed by atoms with Gasteiger partial charge in [0.25, 0.3) is 5.69 Å². The van der Waals surface area contributed by atoms with E-state index < -0.39 is 0 Å². The summed E-state index contributed by atoms with van der Waals surface area (Å²) >= 11 is 0. The van der Waals surface area contributed by atoms with E-state index in [0.717, 1.165) is 25.5 Å². The first-order valence-corrected chi connectivity index (χ1v) is 6.62. The van der Waals surface area contributed by atoms with Crippen LogP contribution in [-0.4, -0.2) is 36.6 Å². The van der Waals surface area contributed by atoms with E-state index in [1.807, 2.05) is 7.05 Å². The van der Waals surface area contributed by atoms with Crippen molar-refractivity contribution in [2.24, 2.45) is 5.92 Å². The van der Waals surface area contributed by atoms with Crippen LogP contribution in [0.15, 0.2) is 12.1 Å². The Morgan fingerprint density at radius 1 is 1.47 bits per heavy atom. The molecular formula is C13H20N4O2. The maximum atomic E-state index is 10.8. The first-order valence-electron chi connectivity index (χ1n) is 6.62. The fourth-order valence-corrected chi connectivity index (χ4v) is 2.49. The Labute approximate surface area is 113 Å². The third-order valence-electron chi connectivity index (χ3n) is 3.62. The largest absolute Gasteiger partial charge is 0.359 e. The molecule has 1 fully saturated rings. The molecule has 104 valence electrons. The molecule has 0 radical (unpaired) electrons. The van der Waals surface area contributed by atoms with Crippen LogP contribution in [0.1, 0.15) is 18.5 Å². The SMILES string of the molecule is Cc1nc(N(C)CC2CCNCC2)ccc1[N+](=O)[O-]. The van der Waals surface area contributed by atoms with Crippen LogP contribution in [-0.2, 0) is 0 Å². The normalized spacial score (nSPS) is 16.3. The molecule has 6 heteroatoms. The van der Waals surface area contributed by atoms with Crippen molar-refractivity contribution in [3.05, 3.63) is 27.9 Å². The summed E-state index contributed by atoms with van der Waals surface area (Å²) in [7, 11) is 2.00. The molecule has 0 spiro atoms. The van der Waals surface area contributed by atoms with E-state index in [0.29, 0.717) is 11.6 Å². The number of pyridine rings is 1. The number of hydrogen-bond acceptors (Lipinski definition) is 5. The Balaban J connectivity index is 2.04. The first-order chi connectivity index (χ1) is 9.08. The monoisotopic (exact) mass is 264 g/mol. The van der Waals surface area contributed by atoms with E-state index in [-0.39, 0.29) is 10.6 Å². The highest BCUT2D eigenvalue weighted by molar-refractivity contribution is 5.46. The number of aryl methyl sites for hydroxylation is 1. The van der Waals surface area contributed by atoms with Crippen molar-refractivity contribution in [1.82, 2.24) is 10.3 Å². The van der Waals surface area contributed by atoms with Gasteiger partial charge < -0.3 is 10.2 Å². The number of nitrogens with one attached hydrogen (secondary N) is 1. The molecule has 0 aromatic carbocycles. The summed E-state index contributed by atoms with van der Waals surface area (Å²) < 4.78 is 0. The summed E-state index contributed by atoms with van der Waals surface area (Å²) in [6, 6.07) is 3.27. The number of hydrogen-bond donors (Lipinski definition) is 1. The van der Waals surface area contributed by atoms with Gasteiger partial charge in [-0.2, -0.15) is 0 Å². The van der Waals surface area contributed by atoms with Crippen molar-refractivity contribution in [2.45, 2.75) is 19.8 Å². The number of aromatic nitrogens is 1. The van der Waals surface area contributed by atoms with Crippen LogP contribution >= 0.6 is 0 Å². The van der Waals surface area contributed by atoms with Gasteiger partial charge >= 0.3 is 0 Å². The minimum atomic E-state index is -0.390. The van der Waals surface area contributed by atoms with Gasteiger partial charge in [-0.05, 0) is 44.8 Å². The fourth-order valence-electron chi connectivity index (χ4n) is 2.49. The lowest BCUT2D eigenvalue weighted by atomic mass is 9.98. The Hall–Kier alpha value is -1.69. The average Bonchev–Trinajstić information content (AvgIpc) is 2.39. The lowest BCUT2D eigenvalue weighted by molar-refractivity contribution is -0.385. The molecule has 2 heterocycles. The van der Waals surface area contributed by atoms with Gasteiger partial charge in [-0.1, -0.05) is 0 Å². The van der Waals surface area contributed by atoms with Gasteiger partial charge in [-0.25, -0.2) is 4.98 Å². The second-order valence-corrected chi connectivity index (χ2v) is 5.10. The predicted octanol–water partition coefficient (Wildman–Crippen LogP) is 1.73. The van der Waals surface area contributed by atoms with Crippen LogP contribution in [0.25, 0.3) is 0 Å². The van der Waals surface area contributed by atoms with Gasteiger partial charge in [0.2, 0.25) is 0 Å². The molecule has 1 aliphatic heterocycles. The zero-order chi connectivity index (χ0) is 13.8. The van der Waals surface area contributed by atoms with E-state index in [1.165, 1.54) is 18.9 Å². The predicted molar refractivity (Wildman–Crippen MR) is 74.5 cm³/mol. The number of piperidine rings is 1. The maximum Gasteiger partial charge on any atom is 0.290 e. The summed E-state index contributed by atoms with van der Waals surface area (Å²) in [4.78, 5) is 16.8. The van der Waals surface area contributed by atoms with Crippen LogP contribution in [0.3, 0.4) is 0 Å². The van der Waals surface area contributed by atoms with Gasteiger partial charge in [0.15, 0.2) is 0 Å². The topological polar surface area (TPSA) is 71.3 Å². The molecule has 0 aliphatic carbocycles. The Kier molecular flexibility index (Phi) is 4.31. The molecule has 0 unspecified atom stereocenters. The standard InChI is InChI=1S/C13H20N4O2/c1-10-12(17(18)19)3-4-13(15-10)16(2)9-11-5-7-14-8-6-11/h3-4,11,14H,5-9H2,1-2H3. The molecule has 1 saturated heterocycles. The van der Waals surface area contributed by atoms with Crippen molar-refractivity contribution in [2.75, 3.05) is 31.6 Å². The minimum absolute atomic E-state index is 0.0824. The second-order valence-electron chi connectivity index (χ2n) is 5.10. The molecule has 0 amide bonds. The molecule has 1 N–H and O–H groups in total. The number of rotatable bonds is 4. The zero-order valence-electron chi connectivity index (χ0n) is 11.4. The molecule has 1 aliphatic rings. The van der Waals surface area contributed by atoms with E-state index >= 15 is 0 Å². The number of nitro groups is 1. The number of nitrogens with zero attached hydrogens (tertiary/aromatic N) is 3. The highest BCUT2D eigenvalue weighted by Gasteiger charge is 2.18. The third kappa shape index (κ3) is 3.41. The van der Waals surface area contributed by atoms with Crippen molar-refractivity contribution >= 4 is 11.5 Å². The van der Waals surface area contributed by atoms with Crippen LogP contribution in [0, 0.1) is 23.0 Å². The third-order valence-corrected chi connectivity index (χ3v) is 3.62. The summed E-state index contributed by atoms with van der Waals surface area (Å²) in [5.74, 6) is 1.48. The van der Waals surface area contributed by atoms with Crippen LogP contribution in [0.5, 0.6) is 0 Å². The molecule has 0 saturated carbocycles. The van der Waals surface area contributed by atoms with Gasteiger partial charge in [0.05, 0.1) is 4.92 Å². The quantitative estimate of drug-likeness (QED) is 0.662. The van der Waals surface area contributed by atoms with E-state index in [4.69, 9.17) is 0 Å². The maximum absolute atomic E-state index is 10.8. The molecule has 6 nitrogen and oxygen atoms in total. The first kappa shape index (κ1) is 13.7. The average molecular weight is 264 g/mol. The summed E-state index contributed by atoms with van der Waals surface area (Å²) in [6.07, 6.45) is 2.35. The highest BCUT2D eigenvalue weighted by atomic mass is 16.6. The molecule has 2 rings (SSSR count). The van der Waals surface area contributed by atoms with E-state index in [2.05, 4.69) is 15.2 Å². The molecule has 1 aromatic heterocycles. The summed E-state index contributed by atoms with van der Waals surface area (Å²) in [5.41, 5.74) is 0.554.